The fraction of sp³-hybridized carbons (Fsp3) is 0.273. The van der Waals surface area contributed by atoms with E-state index in [0.717, 1.165) is 0 Å². The second-order valence-corrected chi connectivity index (χ2v) is 2.98. The Morgan fingerprint density at radius 3 is 2.25 bits per heavy atom. The van der Waals surface area contributed by atoms with Gasteiger partial charge in [0, 0.05) is 5.56 Å². The third kappa shape index (κ3) is 3.32. The van der Waals surface area contributed by atoms with Crippen molar-refractivity contribution in [2.75, 3.05) is 14.2 Å². The Kier molecular flexibility index (Phi) is 6.37. The van der Waals surface area contributed by atoms with E-state index in [1.54, 1.807) is 31.3 Å². The summed E-state index contributed by atoms with van der Waals surface area (Å²) in [6.45, 7) is 0. The first-order valence-electron chi connectivity index (χ1n) is 4.55. The number of ketones is 1. The first kappa shape index (κ1) is 14.6. The number of methoxy groups -OCH3 is 1. The van der Waals surface area contributed by atoms with Crippen LogP contribution in [0, 0.1) is 0 Å². The molecule has 1 N–H and O–H groups in total. The summed E-state index contributed by atoms with van der Waals surface area (Å²) in [5, 5.41) is 2.63. The highest BCUT2D eigenvalue weighted by molar-refractivity contribution is 6.11. The molecular formula is C11H14ClNO3. The number of carbonyl (C=O) groups is 2. The number of benzene rings is 1. The van der Waals surface area contributed by atoms with Gasteiger partial charge in [0.2, 0.25) is 0 Å². The summed E-state index contributed by atoms with van der Waals surface area (Å²) in [4.78, 5) is 23.1. The molecule has 0 aliphatic heterocycles. The lowest BCUT2D eigenvalue weighted by atomic mass is 10.0. The monoisotopic (exact) mass is 243 g/mol. The minimum absolute atomic E-state index is 0. The number of Topliss-reactive ketones (excluding diaryl/α,β-unsaturated/α-hetero) is 1. The van der Waals surface area contributed by atoms with Gasteiger partial charge in [-0.2, -0.15) is 0 Å². The lowest BCUT2D eigenvalue weighted by Crippen LogP contribution is -2.42. The third-order valence-electron chi connectivity index (χ3n) is 2.05. The van der Waals surface area contributed by atoms with E-state index in [1.807, 2.05) is 6.07 Å². The third-order valence-corrected chi connectivity index (χ3v) is 2.05. The number of nitrogens with one attached hydrogen (secondary N) is 1. The summed E-state index contributed by atoms with van der Waals surface area (Å²) in [5.74, 6) is -0.865. The summed E-state index contributed by atoms with van der Waals surface area (Å²) in [7, 11) is 2.80. The number of rotatable bonds is 4. The molecule has 0 amide bonds. The van der Waals surface area contributed by atoms with Crippen molar-refractivity contribution >= 4 is 24.2 Å². The number of hydrogen-bond donors (Lipinski definition) is 1. The Balaban J connectivity index is 0.00000225. The van der Waals surface area contributed by atoms with Gasteiger partial charge in [-0.1, -0.05) is 30.3 Å². The van der Waals surface area contributed by atoms with Crippen molar-refractivity contribution in [2.45, 2.75) is 6.04 Å². The van der Waals surface area contributed by atoms with Crippen molar-refractivity contribution in [3.8, 4) is 0 Å². The number of esters is 1. The van der Waals surface area contributed by atoms with Gasteiger partial charge in [0.1, 0.15) is 0 Å². The molecule has 16 heavy (non-hydrogen) atoms. The molecule has 0 heterocycles. The van der Waals surface area contributed by atoms with Gasteiger partial charge in [-0.15, -0.1) is 12.4 Å². The Labute approximate surface area is 100 Å². The highest BCUT2D eigenvalue weighted by atomic mass is 35.5. The van der Waals surface area contributed by atoms with Crippen molar-refractivity contribution < 1.29 is 14.3 Å². The number of hydrogen-bond acceptors (Lipinski definition) is 4. The Hall–Kier alpha value is -1.39. The van der Waals surface area contributed by atoms with Gasteiger partial charge in [0.05, 0.1) is 7.11 Å². The van der Waals surface area contributed by atoms with E-state index in [-0.39, 0.29) is 18.2 Å². The van der Waals surface area contributed by atoms with Crippen LogP contribution in [0.2, 0.25) is 0 Å². The molecule has 4 nitrogen and oxygen atoms in total. The van der Waals surface area contributed by atoms with E-state index >= 15 is 0 Å². The molecule has 0 bridgehead atoms. The molecule has 88 valence electrons. The molecule has 0 aliphatic carbocycles. The zero-order valence-electron chi connectivity index (χ0n) is 9.10. The van der Waals surface area contributed by atoms with Gasteiger partial charge in [-0.3, -0.25) is 4.79 Å². The molecule has 0 spiro atoms. The highest BCUT2D eigenvalue weighted by Gasteiger charge is 2.26. The summed E-state index contributed by atoms with van der Waals surface area (Å²) < 4.78 is 4.52. The molecule has 1 aromatic rings. The number of likely N-dealkylation sites (N-methyl/N-ethyl adjacent to an activating group) is 1. The van der Waals surface area contributed by atoms with Crippen molar-refractivity contribution in [3.63, 3.8) is 0 Å². The molecular weight excluding hydrogens is 230 g/mol. The predicted molar refractivity (Wildman–Crippen MR) is 62.9 cm³/mol. The Morgan fingerprint density at radius 1 is 1.25 bits per heavy atom. The lowest BCUT2D eigenvalue weighted by Gasteiger charge is -2.11. The molecule has 1 aromatic carbocycles. The van der Waals surface area contributed by atoms with Crippen molar-refractivity contribution in [1.82, 2.24) is 5.32 Å². The zero-order valence-corrected chi connectivity index (χ0v) is 9.91. The standard InChI is InChI=1S/C11H13NO3.ClH/c1-12-9(11(14)15-2)10(13)8-6-4-3-5-7-8;/h3-7,9,12H,1-2H3;1H. The van der Waals surface area contributed by atoms with E-state index in [0.29, 0.717) is 5.56 Å². The molecule has 0 aliphatic rings. The molecule has 0 saturated carbocycles. The molecule has 1 rings (SSSR count). The second kappa shape index (κ2) is 6.98. The van der Waals surface area contributed by atoms with E-state index in [1.165, 1.54) is 7.11 Å². The van der Waals surface area contributed by atoms with E-state index in [2.05, 4.69) is 10.1 Å². The Bertz CT molecular complexity index is 354. The average molecular weight is 244 g/mol. The van der Waals surface area contributed by atoms with Crippen LogP contribution in [0.1, 0.15) is 10.4 Å². The van der Waals surface area contributed by atoms with Crippen LogP contribution in [0.4, 0.5) is 0 Å². The minimum atomic E-state index is -0.933. The fourth-order valence-corrected chi connectivity index (χ4v) is 1.24. The molecule has 0 radical (unpaired) electrons. The molecule has 1 atom stereocenters. The summed E-state index contributed by atoms with van der Waals surface area (Å²) in [5.41, 5.74) is 0.488. The van der Waals surface area contributed by atoms with Crippen LogP contribution >= 0.6 is 12.4 Å². The maximum Gasteiger partial charge on any atom is 0.331 e. The van der Waals surface area contributed by atoms with Gasteiger partial charge in [-0.25, -0.2) is 4.79 Å². The maximum absolute atomic E-state index is 11.8. The van der Waals surface area contributed by atoms with E-state index in [4.69, 9.17) is 0 Å². The van der Waals surface area contributed by atoms with Gasteiger partial charge in [-0.05, 0) is 7.05 Å². The van der Waals surface area contributed by atoms with E-state index in [9.17, 15) is 9.59 Å². The average Bonchev–Trinajstić information content (AvgIpc) is 2.30. The molecule has 0 saturated heterocycles. The van der Waals surface area contributed by atoms with Crippen molar-refractivity contribution in [2.24, 2.45) is 0 Å². The van der Waals surface area contributed by atoms with E-state index < -0.39 is 12.0 Å². The van der Waals surface area contributed by atoms with Gasteiger partial charge >= 0.3 is 5.97 Å². The summed E-state index contributed by atoms with van der Waals surface area (Å²) >= 11 is 0. The van der Waals surface area contributed by atoms with Gasteiger partial charge in [0.15, 0.2) is 11.8 Å². The lowest BCUT2D eigenvalue weighted by molar-refractivity contribution is -0.141. The number of halogens is 1. The van der Waals surface area contributed by atoms with Crippen LogP contribution < -0.4 is 5.32 Å². The van der Waals surface area contributed by atoms with Crippen LogP contribution in [0.25, 0.3) is 0 Å². The quantitative estimate of drug-likeness (QED) is 0.488. The largest absolute Gasteiger partial charge is 0.468 e. The van der Waals surface area contributed by atoms with Gasteiger partial charge in [0.25, 0.3) is 0 Å². The van der Waals surface area contributed by atoms with Crippen LogP contribution in [-0.2, 0) is 9.53 Å². The number of carbonyl (C=O) groups excluding carboxylic acids is 2. The van der Waals surface area contributed by atoms with Crippen molar-refractivity contribution in [3.05, 3.63) is 35.9 Å². The first-order valence-corrected chi connectivity index (χ1v) is 4.55. The molecule has 0 fully saturated rings. The van der Waals surface area contributed by atoms with Crippen molar-refractivity contribution in [1.29, 1.82) is 0 Å². The molecule has 5 heteroatoms. The fourth-order valence-electron chi connectivity index (χ4n) is 1.24. The second-order valence-electron chi connectivity index (χ2n) is 2.98. The summed E-state index contributed by atoms with van der Waals surface area (Å²) in [6.07, 6.45) is 0. The topological polar surface area (TPSA) is 55.4 Å². The minimum Gasteiger partial charge on any atom is -0.468 e. The molecule has 1 unspecified atom stereocenters. The van der Waals surface area contributed by atoms with Crippen LogP contribution in [0.15, 0.2) is 30.3 Å². The molecule has 0 aromatic heterocycles. The SMILES string of the molecule is CNC(C(=O)OC)C(=O)c1ccccc1.Cl. The normalized spacial score (nSPS) is 11.1. The van der Waals surface area contributed by atoms with Gasteiger partial charge < -0.3 is 10.1 Å². The Morgan fingerprint density at radius 2 is 1.81 bits per heavy atom. The van der Waals surface area contributed by atoms with Crippen LogP contribution in [-0.4, -0.2) is 32.0 Å². The highest BCUT2D eigenvalue weighted by Crippen LogP contribution is 2.04. The predicted octanol–water partition coefficient (Wildman–Crippen LogP) is 1.05. The zero-order chi connectivity index (χ0) is 11.3. The number of ether oxygens (including phenoxy) is 1. The first-order chi connectivity index (χ1) is 7.20. The van der Waals surface area contributed by atoms with Crippen LogP contribution in [0.5, 0.6) is 0 Å². The van der Waals surface area contributed by atoms with Crippen LogP contribution in [0.3, 0.4) is 0 Å². The smallest absolute Gasteiger partial charge is 0.331 e. The maximum atomic E-state index is 11.8. The summed E-state index contributed by atoms with van der Waals surface area (Å²) in [6, 6.07) is 7.70.